The number of carbonyl (C=O) groups is 2. The molecule has 0 aromatic heterocycles. The fraction of sp³-hybridized carbons (Fsp3) is 0.833. The summed E-state index contributed by atoms with van der Waals surface area (Å²) in [5.41, 5.74) is 0. The maximum absolute atomic E-state index is 11.5. The highest BCUT2D eigenvalue weighted by atomic mass is 17.2. The van der Waals surface area contributed by atoms with Gasteiger partial charge in [-0.3, -0.25) is 0 Å². The summed E-state index contributed by atoms with van der Waals surface area (Å²) in [5.74, 6) is -0.593. The molecule has 17 heavy (non-hydrogen) atoms. The summed E-state index contributed by atoms with van der Waals surface area (Å²) >= 11 is 0. The van der Waals surface area contributed by atoms with Crippen LogP contribution in [-0.4, -0.2) is 18.7 Å². The highest BCUT2D eigenvalue weighted by Crippen LogP contribution is 2.24. The average Bonchev–Trinajstić information content (AvgIpc) is 2.37. The summed E-state index contributed by atoms with van der Waals surface area (Å²) in [6, 6.07) is 0. The molecule has 1 aliphatic rings. The van der Waals surface area contributed by atoms with Gasteiger partial charge in [0.05, 0.1) is 12.5 Å². The smallest absolute Gasteiger partial charge is 0.432 e. The lowest BCUT2D eigenvalue weighted by Gasteiger charge is -2.18. The number of hydrogen-bond acceptors (Lipinski definition) is 5. The van der Waals surface area contributed by atoms with E-state index in [4.69, 9.17) is 0 Å². The SMILES string of the molecule is CCCCOC(=O)OOC(=O)C1CCCCC1. The van der Waals surface area contributed by atoms with Gasteiger partial charge in [-0.1, -0.05) is 32.6 Å². The minimum Gasteiger partial charge on any atom is -0.432 e. The molecule has 0 N–H and O–H groups in total. The molecule has 0 spiro atoms. The van der Waals surface area contributed by atoms with Gasteiger partial charge >= 0.3 is 12.1 Å². The van der Waals surface area contributed by atoms with Crippen molar-refractivity contribution in [1.82, 2.24) is 0 Å². The molecule has 1 aliphatic carbocycles. The molecule has 5 nitrogen and oxygen atoms in total. The normalized spacial score (nSPS) is 16.3. The lowest BCUT2D eigenvalue weighted by atomic mass is 9.89. The molecule has 98 valence electrons. The molecule has 0 heterocycles. The number of hydrogen-bond donors (Lipinski definition) is 0. The Kier molecular flexibility index (Phi) is 6.43. The Morgan fingerprint density at radius 2 is 1.82 bits per heavy atom. The Hall–Kier alpha value is -1.26. The summed E-state index contributed by atoms with van der Waals surface area (Å²) in [6.45, 7) is 2.27. The van der Waals surface area contributed by atoms with Crippen molar-refractivity contribution in [3.63, 3.8) is 0 Å². The van der Waals surface area contributed by atoms with E-state index in [2.05, 4.69) is 14.5 Å². The van der Waals surface area contributed by atoms with Crippen molar-refractivity contribution in [2.75, 3.05) is 6.61 Å². The number of unbranched alkanes of at least 4 members (excludes halogenated alkanes) is 1. The van der Waals surface area contributed by atoms with Crippen LogP contribution in [0, 0.1) is 5.92 Å². The first-order valence-electron chi connectivity index (χ1n) is 6.29. The highest BCUT2D eigenvalue weighted by Gasteiger charge is 2.24. The van der Waals surface area contributed by atoms with E-state index < -0.39 is 12.1 Å². The monoisotopic (exact) mass is 244 g/mol. The lowest BCUT2D eigenvalue weighted by molar-refractivity contribution is -0.248. The fourth-order valence-corrected chi connectivity index (χ4v) is 1.81. The van der Waals surface area contributed by atoms with Crippen LogP contribution < -0.4 is 0 Å². The van der Waals surface area contributed by atoms with Crippen LogP contribution in [0.3, 0.4) is 0 Å². The maximum atomic E-state index is 11.5. The first-order chi connectivity index (χ1) is 8.24. The van der Waals surface area contributed by atoms with Crippen molar-refractivity contribution in [3.05, 3.63) is 0 Å². The van der Waals surface area contributed by atoms with Gasteiger partial charge in [-0.15, -0.1) is 0 Å². The van der Waals surface area contributed by atoms with Crippen molar-refractivity contribution in [2.24, 2.45) is 5.92 Å². The van der Waals surface area contributed by atoms with E-state index in [9.17, 15) is 9.59 Å². The third kappa shape index (κ3) is 5.56. The number of rotatable bonds is 4. The van der Waals surface area contributed by atoms with Gasteiger partial charge < -0.3 is 4.74 Å². The van der Waals surface area contributed by atoms with Gasteiger partial charge in [-0.05, 0) is 19.3 Å². The molecule has 0 amide bonds. The predicted molar refractivity (Wildman–Crippen MR) is 60.0 cm³/mol. The van der Waals surface area contributed by atoms with Gasteiger partial charge in [0, 0.05) is 0 Å². The van der Waals surface area contributed by atoms with E-state index >= 15 is 0 Å². The first-order valence-corrected chi connectivity index (χ1v) is 6.29. The molecule has 0 aliphatic heterocycles. The van der Waals surface area contributed by atoms with Gasteiger partial charge in [0.15, 0.2) is 0 Å². The van der Waals surface area contributed by atoms with Crippen molar-refractivity contribution < 1.29 is 24.1 Å². The zero-order chi connectivity index (χ0) is 12.5. The van der Waals surface area contributed by atoms with Crippen LogP contribution in [0.15, 0.2) is 0 Å². The van der Waals surface area contributed by atoms with Crippen molar-refractivity contribution in [1.29, 1.82) is 0 Å². The quantitative estimate of drug-likeness (QED) is 0.329. The predicted octanol–water partition coefficient (Wildman–Crippen LogP) is 2.98. The Morgan fingerprint density at radius 1 is 1.12 bits per heavy atom. The van der Waals surface area contributed by atoms with Crippen molar-refractivity contribution >= 4 is 12.1 Å². The zero-order valence-corrected chi connectivity index (χ0v) is 10.3. The molecule has 0 radical (unpaired) electrons. The largest absolute Gasteiger partial charge is 0.549 e. The second kappa shape index (κ2) is 7.92. The second-order valence-electron chi connectivity index (χ2n) is 4.27. The van der Waals surface area contributed by atoms with Gasteiger partial charge in [0.25, 0.3) is 0 Å². The van der Waals surface area contributed by atoms with E-state index in [1.54, 1.807) is 0 Å². The summed E-state index contributed by atoms with van der Waals surface area (Å²) in [4.78, 5) is 31.2. The van der Waals surface area contributed by atoms with E-state index in [0.717, 1.165) is 44.9 Å². The van der Waals surface area contributed by atoms with Crippen LogP contribution >= 0.6 is 0 Å². The Bertz CT molecular complexity index is 245. The Balaban J connectivity index is 2.11. The van der Waals surface area contributed by atoms with Crippen LogP contribution in [0.5, 0.6) is 0 Å². The topological polar surface area (TPSA) is 61.8 Å². The third-order valence-corrected chi connectivity index (χ3v) is 2.85. The molecule has 0 bridgehead atoms. The minimum atomic E-state index is -0.942. The molecule has 0 aromatic carbocycles. The van der Waals surface area contributed by atoms with E-state index in [-0.39, 0.29) is 12.5 Å². The van der Waals surface area contributed by atoms with Gasteiger partial charge in [0.2, 0.25) is 0 Å². The average molecular weight is 244 g/mol. The van der Waals surface area contributed by atoms with Gasteiger partial charge in [-0.2, -0.15) is 4.79 Å². The maximum Gasteiger partial charge on any atom is 0.549 e. The van der Waals surface area contributed by atoms with Gasteiger partial charge in [0.1, 0.15) is 0 Å². The zero-order valence-electron chi connectivity index (χ0n) is 10.3. The molecule has 0 saturated heterocycles. The lowest BCUT2D eigenvalue weighted by Crippen LogP contribution is -2.22. The summed E-state index contributed by atoms with van der Waals surface area (Å²) in [6.07, 6.45) is 5.59. The summed E-state index contributed by atoms with van der Waals surface area (Å²) < 4.78 is 4.68. The van der Waals surface area contributed by atoms with Crippen molar-refractivity contribution in [3.8, 4) is 0 Å². The van der Waals surface area contributed by atoms with E-state index in [1.807, 2.05) is 6.92 Å². The van der Waals surface area contributed by atoms with E-state index in [1.165, 1.54) is 0 Å². The standard InChI is InChI=1S/C12H20O5/c1-2-3-9-15-12(14)17-16-11(13)10-7-5-4-6-8-10/h10H,2-9H2,1H3. The molecule has 0 aromatic rings. The minimum absolute atomic E-state index is 0.132. The van der Waals surface area contributed by atoms with Crippen LogP contribution in [0.25, 0.3) is 0 Å². The molecule has 5 heteroatoms. The van der Waals surface area contributed by atoms with Crippen molar-refractivity contribution in [2.45, 2.75) is 51.9 Å². The van der Waals surface area contributed by atoms with Crippen LogP contribution in [0.2, 0.25) is 0 Å². The number of ether oxygens (including phenoxy) is 1. The Morgan fingerprint density at radius 3 is 2.47 bits per heavy atom. The highest BCUT2D eigenvalue weighted by molar-refractivity contribution is 5.73. The summed E-state index contributed by atoms with van der Waals surface area (Å²) in [5, 5.41) is 0. The molecule has 1 saturated carbocycles. The first kappa shape index (κ1) is 13.8. The van der Waals surface area contributed by atoms with Crippen LogP contribution in [0.4, 0.5) is 4.79 Å². The summed E-state index contributed by atoms with van der Waals surface area (Å²) in [7, 11) is 0. The molecule has 0 atom stereocenters. The van der Waals surface area contributed by atoms with Crippen LogP contribution in [-0.2, 0) is 19.3 Å². The van der Waals surface area contributed by atoms with Gasteiger partial charge in [-0.25, -0.2) is 14.6 Å². The molecule has 1 fully saturated rings. The number of carbonyl (C=O) groups excluding carboxylic acids is 2. The second-order valence-corrected chi connectivity index (χ2v) is 4.27. The molecule has 0 unspecified atom stereocenters. The Labute approximate surface area is 101 Å². The fourth-order valence-electron chi connectivity index (χ4n) is 1.81. The van der Waals surface area contributed by atoms with E-state index in [0.29, 0.717) is 0 Å². The van der Waals surface area contributed by atoms with Crippen LogP contribution in [0.1, 0.15) is 51.9 Å². The molecular formula is C12H20O5. The third-order valence-electron chi connectivity index (χ3n) is 2.85. The molecular weight excluding hydrogens is 224 g/mol. The molecule has 1 rings (SSSR count).